The van der Waals surface area contributed by atoms with Crippen LogP contribution in [0, 0.1) is 0 Å². The molecule has 2 nitrogen and oxygen atoms in total. The molecule has 11 aromatic rings. The number of hydrogen-bond acceptors (Lipinski definition) is 0. The minimum atomic E-state index is 1.27. The van der Waals surface area contributed by atoms with Gasteiger partial charge in [0, 0.05) is 48.5 Å². The van der Waals surface area contributed by atoms with E-state index in [-0.39, 0.29) is 0 Å². The van der Waals surface area contributed by atoms with E-state index < -0.39 is 0 Å². The number of nitrogens with zero attached hydrogens (tertiary/aromatic N) is 2. The molecular weight excluding hydrogens is 484 g/mol. The highest BCUT2D eigenvalue weighted by Gasteiger charge is 2.23. The topological polar surface area (TPSA) is 8.82 Å². The Hall–Kier alpha value is -5.34. The van der Waals surface area contributed by atoms with E-state index in [1.165, 1.54) is 97.7 Å². The zero-order chi connectivity index (χ0) is 25.7. The van der Waals surface area contributed by atoms with Gasteiger partial charge in [-0.05, 0) is 40.4 Å². The van der Waals surface area contributed by atoms with Crippen molar-refractivity contribution in [3.05, 3.63) is 121 Å². The molecule has 182 valence electrons. The monoisotopic (exact) mass is 504 g/mol. The zero-order valence-corrected chi connectivity index (χ0v) is 21.4. The van der Waals surface area contributed by atoms with Gasteiger partial charge < -0.3 is 8.80 Å². The van der Waals surface area contributed by atoms with Gasteiger partial charge in [0.15, 0.2) is 0 Å². The molecule has 4 aromatic heterocycles. The SMILES string of the molecule is c1ccc2c(c1)cc1c3ccccc3n3c4cc5c(cc4c2c13)c1cccc2c3ccc4ccccc4c3n5c12. The first kappa shape index (κ1) is 19.7. The third-order valence-electron chi connectivity index (χ3n) is 9.51. The van der Waals surface area contributed by atoms with E-state index in [1.807, 2.05) is 0 Å². The van der Waals surface area contributed by atoms with Crippen molar-refractivity contribution in [3.63, 3.8) is 0 Å². The van der Waals surface area contributed by atoms with Crippen LogP contribution >= 0.6 is 0 Å². The normalized spacial score (nSPS) is 13.0. The third-order valence-corrected chi connectivity index (χ3v) is 9.51. The largest absolute Gasteiger partial charge is 0.308 e. The fourth-order valence-corrected chi connectivity index (χ4v) is 7.96. The van der Waals surface area contributed by atoms with Gasteiger partial charge in [-0.1, -0.05) is 97.1 Å². The molecule has 0 spiro atoms. The van der Waals surface area contributed by atoms with Crippen LogP contribution in [0.4, 0.5) is 0 Å². The molecule has 0 aliphatic carbocycles. The van der Waals surface area contributed by atoms with Crippen LogP contribution in [0.25, 0.3) is 97.7 Å². The molecule has 0 saturated heterocycles. The highest BCUT2D eigenvalue weighted by Crippen LogP contribution is 2.47. The highest BCUT2D eigenvalue weighted by atomic mass is 14.9. The summed E-state index contributed by atoms with van der Waals surface area (Å²) in [4.78, 5) is 0. The molecule has 0 amide bonds. The van der Waals surface area contributed by atoms with Crippen molar-refractivity contribution in [2.45, 2.75) is 0 Å². The second-order valence-corrected chi connectivity index (χ2v) is 11.3. The van der Waals surface area contributed by atoms with E-state index in [0.29, 0.717) is 0 Å². The standard InChI is InChI=1S/C38H20N2/c1-4-11-24-21(8-1)16-17-28-26-13-7-14-27-29-19-31-34(20-33(29)40(36(24)28)37(26)27)39-32-15-6-5-12-25(32)30-18-22-9-2-3-10-23(22)35(31)38(30)39/h1-20H. The van der Waals surface area contributed by atoms with E-state index in [1.54, 1.807) is 0 Å². The van der Waals surface area contributed by atoms with Crippen LogP contribution in [0.15, 0.2) is 121 Å². The maximum atomic E-state index is 2.54. The molecule has 40 heavy (non-hydrogen) atoms. The summed E-state index contributed by atoms with van der Waals surface area (Å²) in [5, 5.41) is 15.9. The number of aromatic nitrogens is 2. The minimum absolute atomic E-state index is 1.27. The lowest BCUT2D eigenvalue weighted by Gasteiger charge is -2.05. The molecule has 7 aromatic carbocycles. The van der Waals surface area contributed by atoms with Crippen LogP contribution in [0.2, 0.25) is 0 Å². The lowest BCUT2D eigenvalue weighted by Crippen LogP contribution is -1.85. The Morgan fingerprint density at radius 2 is 0.950 bits per heavy atom. The van der Waals surface area contributed by atoms with E-state index in [2.05, 4.69) is 130 Å². The maximum absolute atomic E-state index is 2.54. The fourth-order valence-electron chi connectivity index (χ4n) is 7.96. The molecule has 0 bridgehead atoms. The predicted octanol–water partition coefficient (Wildman–Crippen LogP) is 10.3. The number of rotatable bonds is 0. The summed E-state index contributed by atoms with van der Waals surface area (Å²) in [5.74, 6) is 0. The van der Waals surface area contributed by atoms with Crippen LogP contribution in [0.3, 0.4) is 0 Å². The fraction of sp³-hybridized carbons (Fsp3) is 0. The average Bonchev–Trinajstić information content (AvgIpc) is 3.72. The van der Waals surface area contributed by atoms with Crippen molar-refractivity contribution in [2.24, 2.45) is 0 Å². The Bertz CT molecular complexity index is 2860. The van der Waals surface area contributed by atoms with Gasteiger partial charge in [0.2, 0.25) is 0 Å². The van der Waals surface area contributed by atoms with Crippen LogP contribution in [0.5, 0.6) is 0 Å². The predicted molar refractivity (Wildman–Crippen MR) is 171 cm³/mol. The molecule has 0 aliphatic rings. The zero-order valence-electron chi connectivity index (χ0n) is 21.4. The van der Waals surface area contributed by atoms with Gasteiger partial charge in [0.05, 0.1) is 33.1 Å². The van der Waals surface area contributed by atoms with E-state index in [9.17, 15) is 0 Å². The van der Waals surface area contributed by atoms with Crippen molar-refractivity contribution in [3.8, 4) is 0 Å². The van der Waals surface area contributed by atoms with E-state index in [4.69, 9.17) is 0 Å². The van der Waals surface area contributed by atoms with Crippen molar-refractivity contribution in [2.75, 3.05) is 0 Å². The molecule has 0 radical (unpaired) electrons. The minimum Gasteiger partial charge on any atom is -0.308 e. The smallest absolute Gasteiger partial charge is 0.0626 e. The molecule has 0 saturated carbocycles. The summed E-state index contributed by atoms with van der Waals surface area (Å²) in [6, 6.07) is 45.3. The van der Waals surface area contributed by atoms with Crippen molar-refractivity contribution in [1.82, 2.24) is 8.80 Å². The van der Waals surface area contributed by atoms with Gasteiger partial charge in [-0.25, -0.2) is 0 Å². The Kier molecular flexibility index (Phi) is 3.17. The van der Waals surface area contributed by atoms with E-state index in [0.717, 1.165) is 0 Å². The molecule has 0 fully saturated rings. The summed E-state index contributed by atoms with van der Waals surface area (Å²) in [7, 11) is 0. The lowest BCUT2D eigenvalue weighted by molar-refractivity contribution is 1.35. The lowest BCUT2D eigenvalue weighted by atomic mass is 9.99. The van der Waals surface area contributed by atoms with Gasteiger partial charge in [-0.3, -0.25) is 0 Å². The summed E-state index contributed by atoms with van der Waals surface area (Å²) in [5.41, 5.74) is 7.80. The number of para-hydroxylation sites is 2. The number of hydrogen-bond donors (Lipinski definition) is 0. The van der Waals surface area contributed by atoms with E-state index >= 15 is 0 Å². The summed E-state index contributed by atoms with van der Waals surface area (Å²) in [6.07, 6.45) is 0. The quantitative estimate of drug-likeness (QED) is 0.194. The molecule has 0 unspecified atom stereocenters. The number of benzene rings is 7. The number of fused-ring (bicyclic) bond motifs is 16. The molecule has 0 N–H and O–H groups in total. The second kappa shape index (κ2) is 6.44. The molecule has 2 heteroatoms. The molecule has 4 heterocycles. The van der Waals surface area contributed by atoms with Gasteiger partial charge in [0.1, 0.15) is 0 Å². The first-order valence-corrected chi connectivity index (χ1v) is 14.0. The molecule has 11 rings (SSSR count). The summed E-state index contributed by atoms with van der Waals surface area (Å²) in [6.45, 7) is 0. The van der Waals surface area contributed by atoms with Gasteiger partial charge >= 0.3 is 0 Å². The van der Waals surface area contributed by atoms with Crippen LogP contribution in [-0.2, 0) is 0 Å². The highest BCUT2D eigenvalue weighted by molar-refractivity contribution is 6.34. The molecule has 0 atom stereocenters. The van der Waals surface area contributed by atoms with Gasteiger partial charge in [0.25, 0.3) is 0 Å². The van der Waals surface area contributed by atoms with Crippen molar-refractivity contribution in [1.29, 1.82) is 0 Å². The van der Waals surface area contributed by atoms with Crippen LogP contribution in [0.1, 0.15) is 0 Å². The summed E-state index contributed by atoms with van der Waals surface area (Å²) < 4.78 is 5.06. The van der Waals surface area contributed by atoms with Crippen molar-refractivity contribution < 1.29 is 0 Å². The maximum Gasteiger partial charge on any atom is 0.0626 e. The Labute approximate surface area is 227 Å². The summed E-state index contributed by atoms with van der Waals surface area (Å²) >= 11 is 0. The first-order chi connectivity index (χ1) is 19.9. The van der Waals surface area contributed by atoms with Gasteiger partial charge in [-0.2, -0.15) is 0 Å². The van der Waals surface area contributed by atoms with Crippen LogP contribution < -0.4 is 0 Å². The third kappa shape index (κ3) is 2.04. The second-order valence-electron chi connectivity index (χ2n) is 11.3. The van der Waals surface area contributed by atoms with Crippen molar-refractivity contribution >= 4 is 97.7 Å². The first-order valence-electron chi connectivity index (χ1n) is 14.0. The Balaban J connectivity index is 1.49. The van der Waals surface area contributed by atoms with Crippen LogP contribution in [-0.4, -0.2) is 8.80 Å². The average molecular weight is 505 g/mol. The van der Waals surface area contributed by atoms with Gasteiger partial charge in [-0.15, -0.1) is 0 Å². The molecular formula is C38H20N2. The molecule has 0 aliphatic heterocycles. The Morgan fingerprint density at radius 1 is 0.300 bits per heavy atom. The Morgan fingerprint density at radius 3 is 1.85 bits per heavy atom.